The van der Waals surface area contributed by atoms with Gasteiger partial charge in [-0.3, -0.25) is 14.5 Å². The largest absolute Gasteiger partial charge is 0.355 e. The van der Waals surface area contributed by atoms with Crippen LogP contribution in [0.1, 0.15) is 17.5 Å². The molecular formula is C24H25N5O2. The fourth-order valence-electron chi connectivity index (χ4n) is 4.45. The summed E-state index contributed by atoms with van der Waals surface area (Å²) >= 11 is 0. The Hall–Kier alpha value is -3.48. The summed E-state index contributed by atoms with van der Waals surface area (Å²) in [4.78, 5) is 41.4. The van der Waals surface area contributed by atoms with E-state index in [0.29, 0.717) is 31.3 Å². The van der Waals surface area contributed by atoms with Crippen LogP contribution >= 0.6 is 0 Å². The predicted molar refractivity (Wildman–Crippen MR) is 122 cm³/mol. The van der Waals surface area contributed by atoms with Gasteiger partial charge < -0.3 is 9.80 Å². The quantitative estimate of drug-likeness (QED) is 0.643. The first-order valence-corrected chi connectivity index (χ1v) is 10.6. The van der Waals surface area contributed by atoms with Gasteiger partial charge in [-0.1, -0.05) is 24.3 Å². The summed E-state index contributed by atoms with van der Waals surface area (Å²) in [6.07, 6.45) is 0.217. The SMILES string of the molecule is Cc1cccc(N2C[C@H](C(=O)N3CCN(C)c4nc5ccccc5nc43)CC2=O)c1C. The molecule has 31 heavy (non-hydrogen) atoms. The second kappa shape index (κ2) is 7.34. The van der Waals surface area contributed by atoms with Crippen molar-refractivity contribution >= 4 is 40.2 Å². The number of carbonyl (C=O) groups is 2. The number of hydrogen-bond acceptors (Lipinski definition) is 5. The fraction of sp³-hybridized carbons (Fsp3) is 0.333. The molecule has 1 aromatic heterocycles. The highest BCUT2D eigenvalue weighted by Gasteiger charge is 2.40. The molecule has 0 spiro atoms. The zero-order valence-electron chi connectivity index (χ0n) is 18.0. The third-order valence-electron chi connectivity index (χ3n) is 6.42. The van der Waals surface area contributed by atoms with Crippen molar-refractivity contribution in [1.29, 1.82) is 0 Å². The minimum atomic E-state index is -0.392. The molecule has 2 aliphatic rings. The summed E-state index contributed by atoms with van der Waals surface area (Å²) in [7, 11) is 1.96. The van der Waals surface area contributed by atoms with E-state index in [4.69, 9.17) is 9.97 Å². The van der Waals surface area contributed by atoms with Crippen molar-refractivity contribution in [2.24, 2.45) is 5.92 Å². The van der Waals surface area contributed by atoms with Gasteiger partial charge in [0.2, 0.25) is 11.8 Å². The lowest BCUT2D eigenvalue weighted by molar-refractivity contribution is -0.124. The molecule has 2 amide bonds. The lowest BCUT2D eigenvalue weighted by atomic mass is 10.1. The molecule has 158 valence electrons. The van der Waals surface area contributed by atoms with Crippen molar-refractivity contribution in [3.8, 4) is 0 Å². The van der Waals surface area contributed by atoms with Crippen LogP contribution < -0.4 is 14.7 Å². The van der Waals surface area contributed by atoms with Gasteiger partial charge in [-0.25, -0.2) is 9.97 Å². The van der Waals surface area contributed by atoms with E-state index in [1.807, 2.05) is 68.3 Å². The van der Waals surface area contributed by atoms with Crippen LogP contribution in [0.4, 0.5) is 17.3 Å². The summed E-state index contributed by atoms with van der Waals surface area (Å²) in [5, 5.41) is 0. The number of nitrogens with zero attached hydrogens (tertiary/aromatic N) is 5. The van der Waals surface area contributed by atoms with Gasteiger partial charge in [0.05, 0.1) is 17.0 Å². The first-order chi connectivity index (χ1) is 14.9. The Kier molecular flexibility index (Phi) is 4.61. The Morgan fingerprint density at radius 2 is 1.68 bits per heavy atom. The summed E-state index contributed by atoms with van der Waals surface area (Å²) in [6, 6.07) is 13.6. The van der Waals surface area contributed by atoms with Gasteiger partial charge in [0.15, 0.2) is 11.6 Å². The average Bonchev–Trinajstić information content (AvgIpc) is 3.16. The number of aryl methyl sites for hydroxylation is 1. The summed E-state index contributed by atoms with van der Waals surface area (Å²) in [5.41, 5.74) is 4.67. The maximum absolute atomic E-state index is 13.5. The van der Waals surface area contributed by atoms with Crippen LogP contribution in [0.2, 0.25) is 0 Å². The average molecular weight is 415 g/mol. The number of hydrogen-bond donors (Lipinski definition) is 0. The number of carbonyl (C=O) groups excluding carboxylic acids is 2. The standard InChI is InChI=1S/C24H25N5O2/c1-15-7-6-10-20(16(15)2)29-14-17(13-21(29)30)24(31)28-12-11-27(3)22-23(28)26-19-9-5-4-8-18(19)25-22/h4-10,17H,11-14H2,1-3H3/t17-/m1/s1. The van der Waals surface area contributed by atoms with Gasteiger partial charge >= 0.3 is 0 Å². The molecule has 7 nitrogen and oxygen atoms in total. The second-order valence-corrected chi connectivity index (χ2v) is 8.40. The van der Waals surface area contributed by atoms with Gasteiger partial charge in [-0.15, -0.1) is 0 Å². The summed E-state index contributed by atoms with van der Waals surface area (Å²) in [6.45, 7) is 5.65. The molecule has 1 fully saturated rings. The lowest BCUT2D eigenvalue weighted by Gasteiger charge is -2.34. The number of benzene rings is 2. The van der Waals surface area contributed by atoms with Crippen LogP contribution in [0.25, 0.3) is 11.0 Å². The molecule has 0 radical (unpaired) electrons. The number of amides is 2. The van der Waals surface area contributed by atoms with Crippen LogP contribution in [0.5, 0.6) is 0 Å². The molecule has 2 aliphatic heterocycles. The molecule has 0 saturated carbocycles. The molecule has 0 bridgehead atoms. The minimum absolute atomic E-state index is 0.00834. The smallest absolute Gasteiger partial charge is 0.233 e. The Balaban J connectivity index is 1.46. The molecule has 3 aromatic rings. The maximum atomic E-state index is 13.5. The normalized spacial score (nSPS) is 18.6. The highest BCUT2D eigenvalue weighted by molar-refractivity contribution is 6.06. The van der Waals surface area contributed by atoms with Crippen molar-refractivity contribution < 1.29 is 9.59 Å². The number of rotatable bonds is 2. The highest BCUT2D eigenvalue weighted by atomic mass is 16.2. The van der Waals surface area contributed by atoms with Gasteiger partial charge in [-0.05, 0) is 43.2 Å². The van der Waals surface area contributed by atoms with E-state index in [1.54, 1.807) is 9.80 Å². The Morgan fingerprint density at radius 3 is 2.42 bits per heavy atom. The zero-order valence-corrected chi connectivity index (χ0v) is 18.0. The molecule has 7 heteroatoms. The van der Waals surface area contributed by atoms with Crippen molar-refractivity contribution in [3.63, 3.8) is 0 Å². The van der Waals surface area contributed by atoms with Crippen molar-refractivity contribution in [3.05, 3.63) is 53.6 Å². The molecule has 3 heterocycles. The van der Waals surface area contributed by atoms with E-state index in [9.17, 15) is 9.59 Å². The maximum Gasteiger partial charge on any atom is 0.233 e. The number of likely N-dealkylation sites (N-methyl/N-ethyl adjacent to an activating group) is 1. The van der Waals surface area contributed by atoms with Crippen molar-refractivity contribution in [1.82, 2.24) is 9.97 Å². The number of fused-ring (bicyclic) bond motifs is 2. The van der Waals surface area contributed by atoms with Crippen LogP contribution in [0.3, 0.4) is 0 Å². The molecular weight excluding hydrogens is 390 g/mol. The van der Waals surface area contributed by atoms with Gasteiger partial charge in [-0.2, -0.15) is 0 Å². The third kappa shape index (κ3) is 3.21. The number of anilines is 3. The van der Waals surface area contributed by atoms with Crippen LogP contribution in [-0.4, -0.2) is 48.5 Å². The lowest BCUT2D eigenvalue weighted by Crippen LogP contribution is -2.46. The number of aromatic nitrogens is 2. The van der Waals surface area contributed by atoms with E-state index in [2.05, 4.69) is 0 Å². The monoisotopic (exact) mass is 415 g/mol. The Morgan fingerprint density at radius 1 is 0.968 bits per heavy atom. The van der Waals surface area contributed by atoms with Crippen LogP contribution in [0.15, 0.2) is 42.5 Å². The molecule has 5 rings (SSSR count). The molecule has 0 unspecified atom stereocenters. The first-order valence-electron chi connectivity index (χ1n) is 10.6. The van der Waals surface area contributed by atoms with Gasteiger partial charge in [0, 0.05) is 38.8 Å². The zero-order chi connectivity index (χ0) is 21.7. The molecule has 0 aliphatic carbocycles. The predicted octanol–water partition coefficient (Wildman–Crippen LogP) is 3.08. The summed E-state index contributed by atoms with van der Waals surface area (Å²) < 4.78 is 0. The Bertz CT molecular complexity index is 1210. The fourth-order valence-corrected chi connectivity index (χ4v) is 4.45. The van der Waals surface area contributed by atoms with E-state index in [-0.39, 0.29) is 18.2 Å². The first kappa shape index (κ1) is 19.5. The van der Waals surface area contributed by atoms with Gasteiger partial charge in [0.25, 0.3) is 0 Å². The van der Waals surface area contributed by atoms with E-state index < -0.39 is 5.92 Å². The molecule has 0 N–H and O–H groups in total. The summed E-state index contributed by atoms with van der Waals surface area (Å²) in [5.74, 6) is 0.826. The van der Waals surface area contributed by atoms with E-state index in [0.717, 1.165) is 27.8 Å². The van der Waals surface area contributed by atoms with Gasteiger partial charge in [0.1, 0.15) is 0 Å². The molecule has 1 saturated heterocycles. The number of para-hydroxylation sites is 2. The topological polar surface area (TPSA) is 69.6 Å². The van der Waals surface area contributed by atoms with Crippen LogP contribution in [-0.2, 0) is 9.59 Å². The van der Waals surface area contributed by atoms with E-state index in [1.165, 1.54) is 0 Å². The molecule has 2 aromatic carbocycles. The molecule has 1 atom stereocenters. The highest BCUT2D eigenvalue weighted by Crippen LogP contribution is 2.34. The van der Waals surface area contributed by atoms with Crippen molar-refractivity contribution in [2.45, 2.75) is 20.3 Å². The van der Waals surface area contributed by atoms with Crippen molar-refractivity contribution in [2.75, 3.05) is 41.4 Å². The van der Waals surface area contributed by atoms with E-state index >= 15 is 0 Å². The third-order valence-corrected chi connectivity index (χ3v) is 6.42. The second-order valence-electron chi connectivity index (χ2n) is 8.40. The van der Waals surface area contributed by atoms with Crippen LogP contribution in [0, 0.1) is 19.8 Å². The minimum Gasteiger partial charge on any atom is -0.355 e. The Labute approximate surface area is 181 Å².